The molecule has 0 saturated heterocycles. The first kappa shape index (κ1) is 12.5. The van der Waals surface area contributed by atoms with E-state index in [4.69, 9.17) is 0 Å². The minimum atomic E-state index is -2.78. The van der Waals surface area contributed by atoms with Crippen LogP contribution in [0.1, 0.15) is 13.3 Å². The summed E-state index contributed by atoms with van der Waals surface area (Å²) in [5.41, 5.74) is 0. The van der Waals surface area contributed by atoms with E-state index in [0.29, 0.717) is 6.54 Å². The van der Waals surface area contributed by atoms with E-state index in [9.17, 15) is 8.78 Å². The number of alkyl halides is 2. The molecule has 0 unspecified atom stereocenters. The summed E-state index contributed by atoms with van der Waals surface area (Å²) in [5.74, 6) is -2.78. The number of nitrogens with one attached hydrogen (secondary N) is 1. The number of halogens is 2. The monoisotopic (exact) mass is 193 g/mol. The third-order valence-electron chi connectivity index (χ3n) is 1.36. The fraction of sp³-hybridized carbons (Fsp3) is 0.778. The molecule has 0 radical (unpaired) electrons. The Morgan fingerprint density at radius 3 is 2.77 bits per heavy atom. The van der Waals surface area contributed by atoms with Gasteiger partial charge in [-0.1, -0.05) is 13.0 Å². The van der Waals surface area contributed by atoms with Crippen LogP contribution in [0.3, 0.4) is 0 Å². The topological polar surface area (TPSA) is 21.3 Å². The second kappa shape index (κ2) is 6.97. The second-order valence-electron chi connectivity index (χ2n) is 2.84. The Hall–Kier alpha value is -0.480. The largest absolute Gasteiger partial charge is 0.371 e. The molecule has 1 N–H and O–H groups in total. The summed E-state index contributed by atoms with van der Waals surface area (Å²) in [7, 11) is 0. The lowest BCUT2D eigenvalue weighted by Gasteiger charge is -2.16. The van der Waals surface area contributed by atoms with E-state index < -0.39 is 12.5 Å². The highest BCUT2D eigenvalue weighted by Gasteiger charge is 2.28. The highest BCUT2D eigenvalue weighted by Crippen LogP contribution is 2.11. The van der Waals surface area contributed by atoms with Crippen LogP contribution in [0.4, 0.5) is 8.78 Å². The summed E-state index contributed by atoms with van der Waals surface area (Å²) < 4.78 is 30.4. The summed E-state index contributed by atoms with van der Waals surface area (Å²) in [6.45, 7) is 5.21. The van der Waals surface area contributed by atoms with Crippen molar-refractivity contribution in [2.24, 2.45) is 0 Å². The van der Waals surface area contributed by atoms with Crippen molar-refractivity contribution in [3.63, 3.8) is 0 Å². The summed E-state index contributed by atoms with van der Waals surface area (Å²) >= 11 is 0. The predicted octanol–water partition coefficient (Wildman–Crippen LogP) is 1.82. The molecule has 0 aliphatic carbocycles. The fourth-order valence-electron chi connectivity index (χ4n) is 0.791. The molecular weight excluding hydrogens is 176 g/mol. The number of hydrogen-bond donors (Lipinski definition) is 1. The maximum absolute atomic E-state index is 12.8. The molecule has 0 bridgehead atoms. The van der Waals surface area contributed by atoms with E-state index in [2.05, 4.69) is 16.6 Å². The van der Waals surface area contributed by atoms with Gasteiger partial charge in [-0.3, -0.25) is 0 Å². The molecule has 0 rings (SSSR count). The van der Waals surface area contributed by atoms with E-state index in [1.165, 1.54) is 6.08 Å². The van der Waals surface area contributed by atoms with Crippen molar-refractivity contribution in [1.82, 2.24) is 5.32 Å². The molecule has 0 aromatic heterocycles. The highest BCUT2D eigenvalue weighted by atomic mass is 19.3. The molecule has 0 aromatic rings. The number of hydrogen-bond acceptors (Lipinski definition) is 2. The summed E-state index contributed by atoms with van der Waals surface area (Å²) in [6.07, 6.45) is 2.30. The molecule has 0 fully saturated rings. The standard InChI is InChI=1S/C9H17F2NO/c1-3-5-12-7-9(10,11)8-13-6-4-2/h4,12H,2-3,5-8H2,1H3. The van der Waals surface area contributed by atoms with Crippen LogP contribution in [-0.2, 0) is 4.74 Å². The zero-order chi connectivity index (χ0) is 10.2. The minimum Gasteiger partial charge on any atom is -0.371 e. The lowest BCUT2D eigenvalue weighted by atomic mass is 10.3. The van der Waals surface area contributed by atoms with Crippen LogP contribution in [0.2, 0.25) is 0 Å². The first-order valence-corrected chi connectivity index (χ1v) is 4.39. The van der Waals surface area contributed by atoms with Gasteiger partial charge in [0.05, 0.1) is 13.2 Å². The molecule has 78 valence electrons. The van der Waals surface area contributed by atoms with Crippen molar-refractivity contribution in [3.8, 4) is 0 Å². The van der Waals surface area contributed by atoms with E-state index in [1.54, 1.807) is 0 Å². The molecule has 0 atom stereocenters. The quantitative estimate of drug-likeness (QED) is 0.469. The number of rotatable bonds is 8. The second-order valence-corrected chi connectivity index (χ2v) is 2.84. The minimum absolute atomic E-state index is 0.170. The van der Waals surface area contributed by atoms with E-state index in [0.717, 1.165) is 6.42 Å². The maximum Gasteiger partial charge on any atom is 0.283 e. The molecule has 0 amide bonds. The molecule has 13 heavy (non-hydrogen) atoms. The SMILES string of the molecule is C=CCOCC(F)(F)CNCCC. The Bertz CT molecular complexity index is 140. The van der Waals surface area contributed by atoms with Gasteiger partial charge in [-0.05, 0) is 13.0 Å². The Labute approximate surface area is 78.0 Å². The third-order valence-corrected chi connectivity index (χ3v) is 1.36. The van der Waals surface area contributed by atoms with Gasteiger partial charge in [-0.25, -0.2) is 8.78 Å². The molecular formula is C9H17F2NO. The Morgan fingerprint density at radius 2 is 2.23 bits per heavy atom. The molecule has 0 aromatic carbocycles. The van der Waals surface area contributed by atoms with Gasteiger partial charge >= 0.3 is 0 Å². The number of ether oxygens (including phenoxy) is 1. The predicted molar refractivity (Wildman–Crippen MR) is 49.1 cm³/mol. The van der Waals surface area contributed by atoms with E-state index in [-0.39, 0.29) is 13.2 Å². The average Bonchev–Trinajstić information content (AvgIpc) is 2.05. The van der Waals surface area contributed by atoms with Crippen LogP contribution in [-0.4, -0.2) is 32.2 Å². The molecule has 0 heterocycles. The summed E-state index contributed by atoms with van der Waals surface area (Å²) in [5, 5.41) is 2.65. The fourth-order valence-corrected chi connectivity index (χ4v) is 0.791. The van der Waals surface area contributed by atoms with Gasteiger partial charge in [0.15, 0.2) is 0 Å². The molecule has 2 nitrogen and oxygen atoms in total. The van der Waals surface area contributed by atoms with Gasteiger partial charge in [0.2, 0.25) is 0 Å². The maximum atomic E-state index is 12.8. The van der Waals surface area contributed by atoms with Crippen molar-refractivity contribution in [3.05, 3.63) is 12.7 Å². The average molecular weight is 193 g/mol. The lowest BCUT2D eigenvalue weighted by Crippen LogP contribution is -2.37. The van der Waals surface area contributed by atoms with Crippen LogP contribution >= 0.6 is 0 Å². The summed E-state index contributed by atoms with van der Waals surface area (Å²) in [4.78, 5) is 0. The Kier molecular flexibility index (Phi) is 6.72. The highest BCUT2D eigenvalue weighted by molar-refractivity contribution is 4.70. The smallest absolute Gasteiger partial charge is 0.283 e. The van der Waals surface area contributed by atoms with Crippen LogP contribution in [0, 0.1) is 0 Å². The first-order valence-electron chi connectivity index (χ1n) is 4.39. The molecule has 4 heteroatoms. The van der Waals surface area contributed by atoms with Crippen LogP contribution < -0.4 is 5.32 Å². The van der Waals surface area contributed by atoms with Crippen molar-refractivity contribution in [2.75, 3.05) is 26.3 Å². The van der Waals surface area contributed by atoms with Gasteiger partial charge in [-0.2, -0.15) is 0 Å². The molecule has 0 saturated carbocycles. The lowest BCUT2D eigenvalue weighted by molar-refractivity contribution is -0.0688. The van der Waals surface area contributed by atoms with Crippen molar-refractivity contribution in [2.45, 2.75) is 19.3 Å². The van der Waals surface area contributed by atoms with Crippen LogP contribution in [0.25, 0.3) is 0 Å². The van der Waals surface area contributed by atoms with Gasteiger partial charge in [-0.15, -0.1) is 6.58 Å². The molecule has 0 aliphatic heterocycles. The van der Waals surface area contributed by atoms with Crippen LogP contribution in [0.15, 0.2) is 12.7 Å². The van der Waals surface area contributed by atoms with Gasteiger partial charge in [0, 0.05) is 0 Å². The van der Waals surface area contributed by atoms with Crippen LogP contribution in [0.5, 0.6) is 0 Å². The van der Waals surface area contributed by atoms with Crippen molar-refractivity contribution < 1.29 is 13.5 Å². The van der Waals surface area contributed by atoms with Crippen molar-refractivity contribution >= 4 is 0 Å². The molecule has 0 spiro atoms. The zero-order valence-electron chi connectivity index (χ0n) is 7.98. The summed E-state index contributed by atoms with van der Waals surface area (Å²) in [6, 6.07) is 0. The van der Waals surface area contributed by atoms with Gasteiger partial charge in [0.1, 0.15) is 6.61 Å². The molecule has 0 aliphatic rings. The van der Waals surface area contributed by atoms with E-state index in [1.807, 2.05) is 6.92 Å². The normalized spacial score (nSPS) is 11.6. The van der Waals surface area contributed by atoms with Gasteiger partial charge in [0.25, 0.3) is 5.92 Å². The Morgan fingerprint density at radius 1 is 1.54 bits per heavy atom. The van der Waals surface area contributed by atoms with Gasteiger partial charge < -0.3 is 10.1 Å². The van der Waals surface area contributed by atoms with Crippen molar-refractivity contribution in [1.29, 1.82) is 0 Å². The zero-order valence-corrected chi connectivity index (χ0v) is 7.98. The van der Waals surface area contributed by atoms with E-state index >= 15 is 0 Å². The Balaban J connectivity index is 3.47. The first-order chi connectivity index (χ1) is 6.12. The third kappa shape index (κ3) is 7.87.